The molecule has 3 aromatic rings. The highest BCUT2D eigenvalue weighted by atomic mass is 35.5. The van der Waals surface area contributed by atoms with Crippen molar-refractivity contribution in [2.45, 2.75) is 29.8 Å². The zero-order chi connectivity index (χ0) is 19.9. The SMILES string of the molecule is COc1cc(C2(CO)CCCc3nc(S)n(-c4ccc(F)cc4)c32)ccc1Cl. The lowest BCUT2D eigenvalue weighted by Crippen LogP contribution is -2.38. The van der Waals surface area contributed by atoms with Crippen LogP contribution in [0.25, 0.3) is 5.69 Å². The van der Waals surface area contributed by atoms with E-state index in [4.69, 9.17) is 16.3 Å². The van der Waals surface area contributed by atoms with Crippen LogP contribution in [0.4, 0.5) is 4.39 Å². The molecule has 0 spiro atoms. The summed E-state index contributed by atoms with van der Waals surface area (Å²) in [6, 6.07) is 11.8. The average Bonchev–Trinajstić information content (AvgIpc) is 3.05. The number of ether oxygens (including phenoxy) is 1. The minimum atomic E-state index is -0.687. The third-order valence-electron chi connectivity index (χ3n) is 5.46. The largest absolute Gasteiger partial charge is 0.495 e. The molecule has 0 bridgehead atoms. The van der Waals surface area contributed by atoms with Crippen LogP contribution in [0.1, 0.15) is 29.8 Å². The van der Waals surface area contributed by atoms with Gasteiger partial charge in [-0.25, -0.2) is 9.37 Å². The summed E-state index contributed by atoms with van der Waals surface area (Å²) in [5.74, 6) is 0.243. The predicted molar refractivity (Wildman–Crippen MR) is 110 cm³/mol. The second kappa shape index (κ2) is 7.43. The first-order valence-corrected chi connectivity index (χ1v) is 9.84. The van der Waals surface area contributed by atoms with E-state index in [0.29, 0.717) is 15.9 Å². The molecule has 2 aromatic carbocycles. The molecule has 4 rings (SSSR count). The highest BCUT2D eigenvalue weighted by Gasteiger charge is 2.43. The van der Waals surface area contributed by atoms with Crippen molar-refractivity contribution in [3.8, 4) is 11.4 Å². The van der Waals surface area contributed by atoms with E-state index >= 15 is 0 Å². The first kappa shape index (κ1) is 19.3. The van der Waals surface area contributed by atoms with E-state index in [-0.39, 0.29) is 12.4 Å². The summed E-state index contributed by atoms with van der Waals surface area (Å²) in [5, 5.41) is 11.6. The van der Waals surface area contributed by atoms with Gasteiger partial charge >= 0.3 is 0 Å². The molecule has 7 heteroatoms. The third kappa shape index (κ3) is 3.00. The van der Waals surface area contributed by atoms with Gasteiger partial charge in [0, 0.05) is 5.69 Å². The van der Waals surface area contributed by atoms with Crippen LogP contribution >= 0.6 is 24.2 Å². The molecule has 0 aliphatic heterocycles. The molecule has 0 saturated carbocycles. The summed E-state index contributed by atoms with van der Waals surface area (Å²) in [6.45, 7) is -0.106. The van der Waals surface area contributed by atoms with Crippen LogP contribution < -0.4 is 4.74 Å². The van der Waals surface area contributed by atoms with Crippen LogP contribution in [0.5, 0.6) is 5.75 Å². The van der Waals surface area contributed by atoms with Gasteiger partial charge in [-0.05, 0) is 61.2 Å². The lowest BCUT2D eigenvalue weighted by molar-refractivity contribution is 0.197. The van der Waals surface area contributed by atoms with Crippen molar-refractivity contribution in [2.24, 2.45) is 0 Å². The van der Waals surface area contributed by atoms with E-state index in [1.165, 1.54) is 12.1 Å². The number of hydrogen-bond acceptors (Lipinski definition) is 4. The number of thiol groups is 1. The van der Waals surface area contributed by atoms with Gasteiger partial charge in [0.1, 0.15) is 11.6 Å². The Morgan fingerprint density at radius 3 is 2.71 bits per heavy atom. The van der Waals surface area contributed by atoms with Crippen LogP contribution in [0.15, 0.2) is 47.6 Å². The molecule has 0 radical (unpaired) electrons. The number of aliphatic hydroxyl groups is 1. The Labute approximate surface area is 173 Å². The fourth-order valence-corrected chi connectivity index (χ4v) is 4.64. The molecule has 146 valence electrons. The van der Waals surface area contributed by atoms with Gasteiger partial charge in [0.2, 0.25) is 0 Å². The summed E-state index contributed by atoms with van der Waals surface area (Å²) >= 11 is 10.8. The Hall–Kier alpha value is -2.02. The monoisotopic (exact) mass is 418 g/mol. The summed E-state index contributed by atoms with van der Waals surface area (Å²) in [5.41, 5.74) is 2.73. The van der Waals surface area contributed by atoms with Crippen LogP contribution in [-0.4, -0.2) is 28.4 Å². The molecule has 4 nitrogen and oxygen atoms in total. The van der Waals surface area contributed by atoms with E-state index < -0.39 is 5.41 Å². The second-order valence-corrected chi connectivity index (χ2v) is 7.77. The molecule has 1 unspecified atom stereocenters. The van der Waals surface area contributed by atoms with Gasteiger partial charge in [0.15, 0.2) is 5.16 Å². The third-order valence-corrected chi connectivity index (χ3v) is 6.07. The van der Waals surface area contributed by atoms with Crippen molar-refractivity contribution in [3.63, 3.8) is 0 Å². The Bertz CT molecular complexity index is 1020. The van der Waals surface area contributed by atoms with Crippen LogP contribution in [0.3, 0.4) is 0 Å². The molecule has 0 saturated heterocycles. The maximum Gasteiger partial charge on any atom is 0.169 e. The highest BCUT2D eigenvalue weighted by molar-refractivity contribution is 7.80. The minimum absolute atomic E-state index is 0.106. The van der Waals surface area contributed by atoms with Gasteiger partial charge in [0.05, 0.1) is 35.5 Å². The number of methoxy groups -OCH3 is 1. The van der Waals surface area contributed by atoms with Crippen molar-refractivity contribution in [1.29, 1.82) is 0 Å². The zero-order valence-electron chi connectivity index (χ0n) is 15.3. The number of aliphatic hydroxyl groups excluding tert-OH is 1. The summed E-state index contributed by atoms with van der Waals surface area (Å²) in [6.07, 6.45) is 2.41. The molecule has 1 N–H and O–H groups in total. The quantitative estimate of drug-likeness (QED) is 0.610. The van der Waals surface area contributed by atoms with Crippen LogP contribution in [0, 0.1) is 5.82 Å². The number of imidazole rings is 1. The van der Waals surface area contributed by atoms with Crippen LogP contribution in [-0.2, 0) is 11.8 Å². The number of hydrogen-bond donors (Lipinski definition) is 2. The second-order valence-electron chi connectivity index (χ2n) is 6.96. The first-order chi connectivity index (χ1) is 13.5. The van der Waals surface area contributed by atoms with Gasteiger partial charge in [-0.15, -0.1) is 12.6 Å². The first-order valence-electron chi connectivity index (χ1n) is 9.02. The zero-order valence-corrected chi connectivity index (χ0v) is 17.0. The van der Waals surface area contributed by atoms with E-state index in [9.17, 15) is 9.50 Å². The molecule has 1 aromatic heterocycles. The summed E-state index contributed by atoms with van der Waals surface area (Å²) < 4.78 is 20.8. The summed E-state index contributed by atoms with van der Waals surface area (Å²) in [4.78, 5) is 4.64. The average molecular weight is 419 g/mol. The van der Waals surface area contributed by atoms with Crippen molar-refractivity contribution >= 4 is 24.2 Å². The fraction of sp³-hybridized carbons (Fsp3) is 0.286. The molecule has 1 atom stereocenters. The molecule has 0 fully saturated rings. The van der Waals surface area contributed by atoms with Gasteiger partial charge in [-0.2, -0.15) is 0 Å². The highest BCUT2D eigenvalue weighted by Crippen LogP contribution is 2.45. The van der Waals surface area contributed by atoms with E-state index in [2.05, 4.69) is 17.6 Å². The molecule has 1 aliphatic rings. The molecular weight excluding hydrogens is 399 g/mol. The predicted octanol–water partition coefficient (Wildman–Crippen LogP) is 4.58. The van der Waals surface area contributed by atoms with Gasteiger partial charge in [-0.1, -0.05) is 17.7 Å². The molecule has 28 heavy (non-hydrogen) atoms. The number of fused-ring (bicyclic) bond motifs is 1. The number of benzene rings is 2. The van der Waals surface area contributed by atoms with Crippen molar-refractivity contribution in [1.82, 2.24) is 9.55 Å². The van der Waals surface area contributed by atoms with E-state index in [0.717, 1.165) is 41.9 Å². The van der Waals surface area contributed by atoms with E-state index in [1.54, 1.807) is 25.3 Å². The molecule has 1 aliphatic carbocycles. The van der Waals surface area contributed by atoms with Crippen molar-refractivity contribution in [3.05, 3.63) is 70.3 Å². The number of nitrogens with zero attached hydrogens (tertiary/aromatic N) is 2. The standard InChI is InChI=1S/C21H20ClFN2O2S/c1-27-18-11-13(4-9-16(18)22)21(12-26)10-2-3-17-19(21)25(20(28)24-17)15-7-5-14(23)6-8-15/h4-9,11,26H,2-3,10,12H2,1H3,(H,24,28). The van der Waals surface area contributed by atoms with Crippen molar-refractivity contribution in [2.75, 3.05) is 13.7 Å². The minimum Gasteiger partial charge on any atom is -0.495 e. The Morgan fingerprint density at radius 2 is 2.04 bits per heavy atom. The maximum atomic E-state index is 13.5. The summed E-state index contributed by atoms with van der Waals surface area (Å²) in [7, 11) is 1.57. The molecule has 1 heterocycles. The van der Waals surface area contributed by atoms with Gasteiger partial charge < -0.3 is 9.84 Å². The van der Waals surface area contributed by atoms with Crippen LogP contribution in [0.2, 0.25) is 5.02 Å². The Kier molecular flexibility index (Phi) is 5.12. The van der Waals surface area contributed by atoms with Crippen molar-refractivity contribution < 1.29 is 14.2 Å². The normalized spacial score (nSPS) is 18.8. The lowest BCUT2D eigenvalue weighted by atomic mass is 9.70. The van der Waals surface area contributed by atoms with Gasteiger partial charge in [0.25, 0.3) is 0 Å². The smallest absolute Gasteiger partial charge is 0.169 e. The number of halogens is 2. The Morgan fingerprint density at radius 1 is 1.29 bits per heavy atom. The molecule has 0 amide bonds. The van der Waals surface area contributed by atoms with Gasteiger partial charge in [-0.3, -0.25) is 4.57 Å². The lowest BCUT2D eigenvalue weighted by Gasteiger charge is -2.37. The number of aromatic nitrogens is 2. The number of aryl methyl sites for hydroxylation is 1. The number of rotatable bonds is 4. The maximum absolute atomic E-state index is 13.5. The Balaban J connectivity index is 1.97. The molecular formula is C21H20ClFN2O2S. The van der Waals surface area contributed by atoms with E-state index in [1.807, 2.05) is 16.7 Å². The topological polar surface area (TPSA) is 47.3 Å². The fourth-order valence-electron chi connectivity index (χ4n) is 4.11.